The average Bonchev–Trinajstić information content (AvgIpc) is 2.26. The molecule has 0 saturated carbocycles. The average molecular weight is 242 g/mol. The van der Waals surface area contributed by atoms with Gasteiger partial charge < -0.3 is 10.4 Å². The van der Waals surface area contributed by atoms with Crippen LogP contribution in [0.5, 0.6) is 0 Å². The second kappa shape index (κ2) is 5.67. The van der Waals surface area contributed by atoms with Gasteiger partial charge in [0, 0.05) is 29.6 Å². The second-order valence-corrected chi connectivity index (χ2v) is 5.42. The lowest BCUT2D eigenvalue weighted by molar-refractivity contribution is 0.154. The Labute approximate surface area is 103 Å². The molecule has 0 aliphatic rings. The molecule has 0 spiro atoms. The van der Waals surface area contributed by atoms with Crippen LogP contribution in [0.25, 0.3) is 0 Å². The van der Waals surface area contributed by atoms with E-state index in [0.29, 0.717) is 0 Å². The Morgan fingerprint density at radius 3 is 2.69 bits per heavy atom. The maximum Gasteiger partial charge on any atom is 0.0494 e. The summed E-state index contributed by atoms with van der Waals surface area (Å²) in [5.74, 6) is 0. The molecule has 0 fully saturated rings. The number of aliphatic hydroxyl groups is 1. The lowest BCUT2D eigenvalue weighted by atomic mass is 9.94. The summed E-state index contributed by atoms with van der Waals surface area (Å²) < 4.78 is 0. The molecule has 0 heterocycles. The monoisotopic (exact) mass is 241 g/mol. The van der Waals surface area contributed by atoms with Crippen LogP contribution in [0, 0.1) is 5.41 Å². The van der Waals surface area contributed by atoms with E-state index >= 15 is 0 Å². The lowest BCUT2D eigenvalue weighted by Crippen LogP contribution is -2.33. The molecule has 0 saturated heterocycles. The number of nitrogens with one attached hydrogen (secondary N) is 1. The van der Waals surface area contributed by atoms with Gasteiger partial charge in [-0.25, -0.2) is 0 Å². The topological polar surface area (TPSA) is 32.3 Å². The molecule has 0 unspecified atom stereocenters. The fraction of sp³-hybridized carbons (Fsp3) is 0.538. The highest BCUT2D eigenvalue weighted by molar-refractivity contribution is 6.30. The molecule has 1 atom stereocenters. The van der Waals surface area contributed by atoms with E-state index in [1.165, 1.54) is 5.56 Å². The summed E-state index contributed by atoms with van der Waals surface area (Å²) in [5, 5.41) is 13.3. The molecular formula is C13H20ClNO. The summed E-state index contributed by atoms with van der Waals surface area (Å²) in [5.41, 5.74) is 1.08. The Kier molecular flexibility index (Phi) is 4.78. The van der Waals surface area contributed by atoms with Gasteiger partial charge in [-0.3, -0.25) is 0 Å². The van der Waals surface area contributed by atoms with Gasteiger partial charge in [0.25, 0.3) is 0 Å². The summed E-state index contributed by atoms with van der Waals surface area (Å²) in [7, 11) is 0. The third-order valence-corrected chi connectivity index (χ3v) is 2.90. The number of halogens is 1. The number of rotatable bonds is 5. The van der Waals surface area contributed by atoms with Crippen LogP contribution < -0.4 is 5.32 Å². The van der Waals surface area contributed by atoms with E-state index in [2.05, 4.69) is 18.3 Å². The zero-order valence-electron chi connectivity index (χ0n) is 10.1. The second-order valence-electron chi connectivity index (χ2n) is 4.98. The van der Waals surface area contributed by atoms with Crippen LogP contribution in [0.3, 0.4) is 0 Å². The van der Waals surface area contributed by atoms with E-state index in [1.807, 2.05) is 32.0 Å². The molecular weight excluding hydrogens is 222 g/mol. The Hall–Kier alpha value is -0.570. The van der Waals surface area contributed by atoms with E-state index in [-0.39, 0.29) is 18.1 Å². The van der Waals surface area contributed by atoms with Gasteiger partial charge in [-0.15, -0.1) is 0 Å². The van der Waals surface area contributed by atoms with Crippen molar-refractivity contribution in [2.45, 2.75) is 26.8 Å². The first kappa shape index (κ1) is 13.5. The van der Waals surface area contributed by atoms with Gasteiger partial charge in [-0.2, -0.15) is 0 Å². The maximum atomic E-state index is 9.16. The van der Waals surface area contributed by atoms with Crippen molar-refractivity contribution < 1.29 is 5.11 Å². The van der Waals surface area contributed by atoms with Crippen molar-refractivity contribution in [3.63, 3.8) is 0 Å². The highest BCUT2D eigenvalue weighted by Gasteiger charge is 2.17. The first-order valence-corrected chi connectivity index (χ1v) is 5.92. The number of hydrogen-bond donors (Lipinski definition) is 2. The molecule has 0 aliphatic carbocycles. The molecule has 90 valence electrons. The van der Waals surface area contributed by atoms with E-state index < -0.39 is 0 Å². The van der Waals surface area contributed by atoms with Gasteiger partial charge in [-0.05, 0) is 24.6 Å². The predicted molar refractivity (Wildman–Crippen MR) is 68.7 cm³/mol. The van der Waals surface area contributed by atoms with Crippen LogP contribution in [0.15, 0.2) is 24.3 Å². The summed E-state index contributed by atoms with van der Waals surface area (Å²) in [6.07, 6.45) is 0. The zero-order valence-corrected chi connectivity index (χ0v) is 10.9. The number of aliphatic hydroxyl groups excluding tert-OH is 1. The molecule has 16 heavy (non-hydrogen) atoms. The van der Waals surface area contributed by atoms with E-state index in [9.17, 15) is 0 Å². The Morgan fingerprint density at radius 2 is 2.12 bits per heavy atom. The lowest BCUT2D eigenvalue weighted by Gasteiger charge is -2.25. The minimum atomic E-state index is -0.0904. The SMILES string of the molecule is C[C@@H](NCC(C)(C)CO)c1cccc(Cl)c1. The third-order valence-electron chi connectivity index (χ3n) is 2.66. The Morgan fingerprint density at radius 1 is 1.44 bits per heavy atom. The van der Waals surface area contributed by atoms with Crippen molar-refractivity contribution in [3.05, 3.63) is 34.9 Å². The highest BCUT2D eigenvalue weighted by Crippen LogP contribution is 2.19. The number of benzene rings is 1. The maximum absolute atomic E-state index is 9.16. The summed E-state index contributed by atoms with van der Waals surface area (Å²) >= 11 is 5.94. The van der Waals surface area contributed by atoms with Crippen molar-refractivity contribution in [1.82, 2.24) is 5.32 Å². The van der Waals surface area contributed by atoms with Crippen molar-refractivity contribution in [2.24, 2.45) is 5.41 Å². The predicted octanol–water partition coefficient (Wildman–Crippen LogP) is 3.01. The van der Waals surface area contributed by atoms with Crippen LogP contribution in [0.4, 0.5) is 0 Å². The van der Waals surface area contributed by atoms with E-state index in [1.54, 1.807) is 0 Å². The van der Waals surface area contributed by atoms with E-state index in [0.717, 1.165) is 11.6 Å². The third kappa shape index (κ3) is 4.12. The summed E-state index contributed by atoms with van der Waals surface area (Å²) in [6.45, 7) is 7.12. The minimum absolute atomic E-state index is 0.0904. The minimum Gasteiger partial charge on any atom is -0.396 e. The molecule has 2 N–H and O–H groups in total. The Balaban J connectivity index is 2.56. The van der Waals surface area contributed by atoms with Crippen LogP contribution >= 0.6 is 11.6 Å². The molecule has 1 aromatic rings. The van der Waals surface area contributed by atoms with Gasteiger partial charge >= 0.3 is 0 Å². The van der Waals surface area contributed by atoms with Crippen molar-refractivity contribution >= 4 is 11.6 Å². The molecule has 0 aromatic heterocycles. The summed E-state index contributed by atoms with van der Waals surface area (Å²) in [4.78, 5) is 0. The van der Waals surface area contributed by atoms with Crippen molar-refractivity contribution in [2.75, 3.05) is 13.2 Å². The standard InChI is InChI=1S/C13H20ClNO/c1-10(15-8-13(2,3)9-16)11-5-4-6-12(14)7-11/h4-7,10,15-16H,8-9H2,1-3H3/t10-/m1/s1. The molecule has 3 heteroatoms. The molecule has 0 radical (unpaired) electrons. The molecule has 0 aliphatic heterocycles. The first-order valence-electron chi connectivity index (χ1n) is 5.54. The fourth-order valence-electron chi connectivity index (χ4n) is 1.38. The molecule has 0 bridgehead atoms. The molecule has 1 rings (SSSR count). The van der Waals surface area contributed by atoms with Crippen LogP contribution in [-0.2, 0) is 0 Å². The smallest absolute Gasteiger partial charge is 0.0494 e. The van der Waals surface area contributed by atoms with Crippen LogP contribution in [0.2, 0.25) is 5.02 Å². The van der Waals surface area contributed by atoms with Crippen molar-refractivity contribution in [3.8, 4) is 0 Å². The molecule has 2 nitrogen and oxygen atoms in total. The van der Waals surface area contributed by atoms with E-state index in [4.69, 9.17) is 16.7 Å². The van der Waals surface area contributed by atoms with Gasteiger partial charge in [0.2, 0.25) is 0 Å². The van der Waals surface area contributed by atoms with Gasteiger partial charge in [-0.1, -0.05) is 37.6 Å². The quantitative estimate of drug-likeness (QED) is 0.831. The van der Waals surface area contributed by atoms with Crippen LogP contribution in [-0.4, -0.2) is 18.3 Å². The molecule has 0 amide bonds. The Bertz CT molecular complexity index is 338. The van der Waals surface area contributed by atoms with Crippen LogP contribution in [0.1, 0.15) is 32.4 Å². The largest absolute Gasteiger partial charge is 0.396 e. The normalized spacial score (nSPS) is 13.8. The molecule has 1 aromatic carbocycles. The highest BCUT2D eigenvalue weighted by atomic mass is 35.5. The summed E-state index contributed by atoms with van der Waals surface area (Å²) in [6, 6.07) is 8.08. The van der Waals surface area contributed by atoms with Gasteiger partial charge in [0.1, 0.15) is 0 Å². The van der Waals surface area contributed by atoms with Gasteiger partial charge in [0.05, 0.1) is 0 Å². The van der Waals surface area contributed by atoms with Gasteiger partial charge in [0.15, 0.2) is 0 Å². The number of hydrogen-bond acceptors (Lipinski definition) is 2. The van der Waals surface area contributed by atoms with Crippen molar-refractivity contribution in [1.29, 1.82) is 0 Å². The first-order chi connectivity index (χ1) is 7.44. The fourth-order valence-corrected chi connectivity index (χ4v) is 1.58. The zero-order chi connectivity index (χ0) is 12.2.